The molecule has 0 aromatic rings. The van der Waals surface area contributed by atoms with Crippen molar-refractivity contribution in [3.63, 3.8) is 0 Å². The molecule has 0 heterocycles. The first-order chi connectivity index (χ1) is 5.49. The Bertz CT molecular complexity index is 184. The molecule has 0 radical (unpaired) electrons. The molecule has 2 atom stereocenters. The molecule has 0 spiro atoms. The summed E-state index contributed by atoms with van der Waals surface area (Å²) in [6.45, 7) is 1.61. The van der Waals surface area contributed by atoms with Crippen molar-refractivity contribution in [1.29, 1.82) is 0 Å². The van der Waals surface area contributed by atoms with E-state index in [1.807, 2.05) is 0 Å². The minimum absolute atomic E-state index is 0.196. The molecule has 2 unspecified atom stereocenters. The molecule has 3 N–H and O–H groups in total. The van der Waals surface area contributed by atoms with Gasteiger partial charge in [-0.15, -0.1) is 0 Å². The van der Waals surface area contributed by atoms with Crippen LogP contribution in [0.5, 0.6) is 0 Å². The molecule has 0 aromatic carbocycles. The standard InChI is InChI=1S/C6H12N2O2S2/c1-3(12)6(10)8-4(2-11)5(7)9/h3-4,11-12H,2H2,1H3,(H2,7,9)(H,8,10). The number of hydrogen-bond acceptors (Lipinski definition) is 4. The van der Waals surface area contributed by atoms with Crippen LogP contribution in [0.4, 0.5) is 0 Å². The maximum Gasteiger partial charge on any atom is 0.240 e. The molecule has 2 amide bonds. The van der Waals surface area contributed by atoms with Gasteiger partial charge in [0.2, 0.25) is 11.8 Å². The van der Waals surface area contributed by atoms with Crippen LogP contribution in [-0.2, 0) is 9.59 Å². The first kappa shape index (κ1) is 11.6. The number of nitrogens with two attached hydrogens (primary N) is 1. The highest BCUT2D eigenvalue weighted by Gasteiger charge is 2.17. The van der Waals surface area contributed by atoms with Gasteiger partial charge in [-0.25, -0.2) is 0 Å². The molecule has 0 fully saturated rings. The highest BCUT2D eigenvalue weighted by atomic mass is 32.1. The predicted octanol–water partition coefficient (Wildman–Crippen LogP) is -0.795. The van der Waals surface area contributed by atoms with E-state index in [0.717, 1.165) is 0 Å². The van der Waals surface area contributed by atoms with Crippen LogP contribution in [0.2, 0.25) is 0 Å². The Morgan fingerprint density at radius 1 is 1.58 bits per heavy atom. The molecule has 6 heteroatoms. The summed E-state index contributed by atoms with van der Waals surface area (Å²) in [4.78, 5) is 21.6. The zero-order valence-corrected chi connectivity index (χ0v) is 8.44. The predicted molar refractivity (Wildman–Crippen MR) is 53.4 cm³/mol. The van der Waals surface area contributed by atoms with Crippen LogP contribution in [0.1, 0.15) is 6.92 Å². The van der Waals surface area contributed by atoms with Gasteiger partial charge in [0.15, 0.2) is 0 Å². The number of hydrogen-bond donors (Lipinski definition) is 4. The van der Waals surface area contributed by atoms with Crippen LogP contribution in [0.15, 0.2) is 0 Å². The zero-order valence-electron chi connectivity index (χ0n) is 6.65. The van der Waals surface area contributed by atoms with Gasteiger partial charge >= 0.3 is 0 Å². The monoisotopic (exact) mass is 208 g/mol. The molecular formula is C6H12N2O2S2. The van der Waals surface area contributed by atoms with Crippen molar-refractivity contribution in [3.8, 4) is 0 Å². The van der Waals surface area contributed by atoms with Crippen LogP contribution in [0.3, 0.4) is 0 Å². The lowest BCUT2D eigenvalue weighted by Gasteiger charge is -2.13. The Morgan fingerprint density at radius 3 is 2.33 bits per heavy atom. The quantitative estimate of drug-likeness (QED) is 0.457. The van der Waals surface area contributed by atoms with E-state index in [0.29, 0.717) is 0 Å². The van der Waals surface area contributed by atoms with Crippen LogP contribution in [-0.4, -0.2) is 28.9 Å². The van der Waals surface area contributed by atoms with Gasteiger partial charge in [-0.2, -0.15) is 25.3 Å². The fourth-order valence-electron chi connectivity index (χ4n) is 0.499. The summed E-state index contributed by atoms with van der Waals surface area (Å²) in [7, 11) is 0. The second-order valence-electron chi connectivity index (χ2n) is 2.32. The number of thiol groups is 2. The number of rotatable bonds is 4. The summed E-state index contributed by atoms with van der Waals surface area (Å²) in [5.41, 5.74) is 4.97. The smallest absolute Gasteiger partial charge is 0.240 e. The third kappa shape index (κ3) is 3.87. The molecule has 0 aromatic heterocycles. The average molecular weight is 208 g/mol. The number of carbonyl (C=O) groups is 2. The van der Waals surface area contributed by atoms with Gasteiger partial charge < -0.3 is 11.1 Å². The van der Waals surface area contributed by atoms with Crippen LogP contribution in [0.25, 0.3) is 0 Å². The normalized spacial score (nSPS) is 14.9. The molecule has 0 bridgehead atoms. The molecular weight excluding hydrogens is 196 g/mol. The van der Waals surface area contributed by atoms with Crippen molar-refractivity contribution in [1.82, 2.24) is 5.32 Å². The first-order valence-electron chi connectivity index (χ1n) is 3.37. The van der Waals surface area contributed by atoms with Gasteiger partial charge in [0.25, 0.3) is 0 Å². The Labute approximate surface area is 82.1 Å². The Balaban J connectivity index is 4.03. The van der Waals surface area contributed by atoms with Crippen molar-refractivity contribution >= 4 is 37.1 Å². The van der Waals surface area contributed by atoms with E-state index in [4.69, 9.17) is 5.73 Å². The van der Waals surface area contributed by atoms with Crippen molar-refractivity contribution in [3.05, 3.63) is 0 Å². The van der Waals surface area contributed by atoms with E-state index in [1.165, 1.54) is 0 Å². The lowest BCUT2D eigenvalue weighted by atomic mass is 10.3. The Hall–Kier alpha value is -0.360. The Kier molecular flexibility index (Phi) is 5.16. The maximum absolute atomic E-state index is 11.0. The molecule has 0 aliphatic carbocycles. The zero-order chi connectivity index (χ0) is 9.72. The fraction of sp³-hybridized carbons (Fsp3) is 0.667. The summed E-state index contributed by atoms with van der Waals surface area (Å²) in [6.07, 6.45) is 0. The van der Waals surface area contributed by atoms with Gasteiger partial charge in [0.1, 0.15) is 6.04 Å². The SMILES string of the molecule is CC(S)C(=O)NC(CS)C(N)=O. The van der Waals surface area contributed by atoms with E-state index in [-0.39, 0.29) is 11.7 Å². The third-order valence-corrected chi connectivity index (χ3v) is 1.82. The molecule has 0 aliphatic rings. The molecule has 0 saturated carbocycles. The van der Waals surface area contributed by atoms with Crippen molar-refractivity contribution < 1.29 is 9.59 Å². The second-order valence-corrected chi connectivity index (χ2v) is 3.46. The molecule has 4 nitrogen and oxygen atoms in total. The summed E-state index contributed by atoms with van der Waals surface area (Å²) in [5, 5.41) is 1.95. The van der Waals surface area contributed by atoms with Gasteiger partial charge in [-0.1, -0.05) is 0 Å². The van der Waals surface area contributed by atoms with Crippen LogP contribution in [0, 0.1) is 0 Å². The summed E-state index contributed by atoms with van der Waals surface area (Å²) >= 11 is 7.74. The molecule has 70 valence electrons. The van der Waals surface area contributed by atoms with Gasteiger partial charge in [-0.05, 0) is 6.92 Å². The molecule has 0 rings (SSSR count). The topological polar surface area (TPSA) is 72.2 Å². The van der Waals surface area contributed by atoms with Crippen molar-refractivity contribution in [2.75, 3.05) is 5.75 Å². The minimum atomic E-state index is -0.713. The van der Waals surface area contributed by atoms with Gasteiger partial charge in [0.05, 0.1) is 5.25 Å². The Morgan fingerprint density at radius 2 is 2.08 bits per heavy atom. The van der Waals surface area contributed by atoms with E-state index >= 15 is 0 Å². The van der Waals surface area contributed by atoms with E-state index in [9.17, 15) is 9.59 Å². The second kappa shape index (κ2) is 5.31. The molecule has 0 aliphatic heterocycles. The molecule has 0 saturated heterocycles. The summed E-state index contributed by atoms with van der Waals surface area (Å²) < 4.78 is 0. The van der Waals surface area contributed by atoms with E-state index < -0.39 is 17.2 Å². The van der Waals surface area contributed by atoms with E-state index in [2.05, 4.69) is 30.6 Å². The van der Waals surface area contributed by atoms with Crippen LogP contribution < -0.4 is 11.1 Å². The minimum Gasteiger partial charge on any atom is -0.368 e. The van der Waals surface area contributed by atoms with Crippen LogP contribution >= 0.6 is 25.3 Å². The average Bonchev–Trinajstić information content (AvgIpc) is 1.98. The third-order valence-electron chi connectivity index (χ3n) is 1.22. The van der Waals surface area contributed by atoms with Gasteiger partial charge in [-0.3, -0.25) is 9.59 Å². The van der Waals surface area contributed by atoms with Crippen molar-refractivity contribution in [2.24, 2.45) is 5.73 Å². The highest BCUT2D eigenvalue weighted by Crippen LogP contribution is 1.94. The summed E-state index contributed by atoms with van der Waals surface area (Å²) in [6, 6.07) is -0.713. The molecule has 12 heavy (non-hydrogen) atoms. The lowest BCUT2D eigenvalue weighted by Crippen LogP contribution is -2.47. The number of amides is 2. The fourth-order valence-corrected chi connectivity index (χ4v) is 0.845. The van der Waals surface area contributed by atoms with Crippen molar-refractivity contribution in [2.45, 2.75) is 18.2 Å². The lowest BCUT2D eigenvalue weighted by molar-refractivity contribution is -0.126. The number of carbonyl (C=O) groups excluding carboxylic acids is 2. The number of primary amides is 1. The largest absolute Gasteiger partial charge is 0.368 e. The van der Waals surface area contributed by atoms with Gasteiger partial charge in [0, 0.05) is 5.75 Å². The first-order valence-corrected chi connectivity index (χ1v) is 4.52. The maximum atomic E-state index is 11.0. The number of nitrogens with one attached hydrogen (secondary N) is 1. The summed E-state index contributed by atoms with van der Waals surface area (Å²) in [5.74, 6) is -0.717. The van der Waals surface area contributed by atoms with E-state index in [1.54, 1.807) is 6.92 Å². The highest BCUT2D eigenvalue weighted by molar-refractivity contribution is 7.81.